The minimum absolute atomic E-state index is 0.0349. The quantitative estimate of drug-likeness (QED) is 0.869. The molecule has 1 aromatic heterocycles. The van der Waals surface area contributed by atoms with Gasteiger partial charge in [0.25, 0.3) is 0 Å². The number of carbonyl (C=O) groups excluding carboxylic acids is 1. The van der Waals surface area contributed by atoms with Gasteiger partial charge in [0.1, 0.15) is 12.4 Å². The van der Waals surface area contributed by atoms with Crippen molar-refractivity contribution in [2.45, 2.75) is 19.6 Å². The fourth-order valence-corrected chi connectivity index (χ4v) is 2.70. The lowest BCUT2D eigenvalue weighted by atomic mass is 10.1. The second-order valence-corrected chi connectivity index (χ2v) is 5.95. The van der Waals surface area contributed by atoms with Crippen molar-refractivity contribution in [3.05, 3.63) is 55.3 Å². The summed E-state index contributed by atoms with van der Waals surface area (Å²) in [6.45, 7) is 1.53. The molecule has 22 heavy (non-hydrogen) atoms. The number of aryl methyl sites for hydroxylation is 1. The number of nitrogens with one attached hydrogen (secondary N) is 1. The number of hydrogen-bond donors (Lipinski definition) is 2. The van der Waals surface area contributed by atoms with Gasteiger partial charge in [-0.1, -0.05) is 29.0 Å². The van der Waals surface area contributed by atoms with Crippen molar-refractivity contribution in [1.82, 2.24) is 9.88 Å². The first kappa shape index (κ1) is 16.7. The number of nitrogens with zero attached hydrogens (tertiary/aromatic N) is 1. The van der Waals surface area contributed by atoms with Crippen molar-refractivity contribution < 1.29 is 14.3 Å². The number of benzene rings is 1. The van der Waals surface area contributed by atoms with E-state index in [0.29, 0.717) is 11.3 Å². The number of aromatic nitrogens is 1. The summed E-state index contributed by atoms with van der Waals surface area (Å²) < 4.78 is 14.7. The van der Waals surface area contributed by atoms with Crippen molar-refractivity contribution in [3.63, 3.8) is 0 Å². The van der Waals surface area contributed by atoms with E-state index in [4.69, 9.17) is 11.6 Å². The van der Waals surface area contributed by atoms with Crippen molar-refractivity contribution >= 4 is 28.8 Å². The predicted octanol–water partition coefficient (Wildman–Crippen LogP) is 1.86. The minimum Gasteiger partial charge on any atom is -0.387 e. The summed E-state index contributed by atoms with van der Waals surface area (Å²) in [6.07, 6.45) is -1.06. The Labute approximate surface area is 135 Å². The Morgan fingerprint density at radius 2 is 2.27 bits per heavy atom. The van der Waals surface area contributed by atoms with Crippen LogP contribution in [-0.2, 0) is 11.3 Å². The largest absolute Gasteiger partial charge is 0.387 e. The normalized spacial score (nSPS) is 12.2. The van der Waals surface area contributed by atoms with E-state index in [-0.39, 0.29) is 23.0 Å². The smallest absolute Gasteiger partial charge is 0.307 e. The average molecular weight is 345 g/mol. The van der Waals surface area contributed by atoms with Gasteiger partial charge < -0.3 is 10.4 Å². The summed E-state index contributed by atoms with van der Waals surface area (Å²) in [5.74, 6) is -1.04. The molecule has 118 valence electrons. The second-order valence-electron chi connectivity index (χ2n) is 4.72. The zero-order valence-electron chi connectivity index (χ0n) is 11.7. The molecule has 0 spiro atoms. The van der Waals surface area contributed by atoms with Crippen LogP contribution in [0.2, 0.25) is 5.02 Å². The molecule has 0 aliphatic carbocycles. The molecule has 8 heteroatoms. The topological polar surface area (TPSA) is 71.3 Å². The van der Waals surface area contributed by atoms with Crippen LogP contribution in [0.4, 0.5) is 4.39 Å². The lowest BCUT2D eigenvalue weighted by Gasteiger charge is -2.13. The number of amides is 1. The van der Waals surface area contributed by atoms with Crippen LogP contribution in [0, 0.1) is 12.7 Å². The minimum atomic E-state index is -1.06. The maximum absolute atomic E-state index is 13.3. The van der Waals surface area contributed by atoms with E-state index in [1.165, 1.54) is 16.7 Å². The Morgan fingerprint density at radius 3 is 2.86 bits per heavy atom. The van der Waals surface area contributed by atoms with Gasteiger partial charge in [0.2, 0.25) is 5.91 Å². The Kier molecular flexibility index (Phi) is 5.33. The highest BCUT2D eigenvalue weighted by Gasteiger charge is 2.13. The predicted molar refractivity (Wildman–Crippen MR) is 82.7 cm³/mol. The number of thiazole rings is 1. The van der Waals surface area contributed by atoms with Gasteiger partial charge >= 0.3 is 4.87 Å². The van der Waals surface area contributed by atoms with E-state index in [9.17, 15) is 19.1 Å². The molecule has 2 aromatic rings. The zero-order valence-corrected chi connectivity index (χ0v) is 13.2. The lowest BCUT2D eigenvalue weighted by molar-refractivity contribution is -0.122. The molecule has 0 bridgehead atoms. The third kappa shape index (κ3) is 3.94. The first-order valence-corrected chi connectivity index (χ1v) is 7.69. The Morgan fingerprint density at radius 1 is 1.55 bits per heavy atom. The average Bonchev–Trinajstić information content (AvgIpc) is 2.79. The van der Waals surface area contributed by atoms with E-state index in [1.807, 2.05) is 0 Å². The fraction of sp³-hybridized carbons (Fsp3) is 0.286. The second kappa shape index (κ2) is 7.04. The van der Waals surface area contributed by atoms with Crippen molar-refractivity contribution in [3.8, 4) is 0 Å². The van der Waals surface area contributed by atoms with Crippen LogP contribution in [0.15, 0.2) is 28.4 Å². The third-order valence-electron chi connectivity index (χ3n) is 3.10. The first-order chi connectivity index (χ1) is 10.4. The molecule has 1 aromatic carbocycles. The molecule has 0 aliphatic rings. The van der Waals surface area contributed by atoms with Gasteiger partial charge in [0, 0.05) is 17.6 Å². The SMILES string of the molecule is Cc1csc(=O)n1CC(=O)NCC(O)c1ccc(Cl)c(F)c1. The molecular weight excluding hydrogens is 331 g/mol. The maximum atomic E-state index is 13.3. The van der Waals surface area contributed by atoms with Gasteiger partial charge in [-0.15, -0.1) is 0 Å². The van der Waals surface area contributed by atoms with E-state index < -0.39 is 17.8 Å². The number of carbonyl (C=O) groups is 1. The monoisotopic (exact) mass is 344 g/mol. The highest BCUT2D eigenvalue weighted by molar-refractivity contribution is 7.07. The van der Waals surface area contributed by atoms with Crippen LogP contribution in [0.3, 0.4) is 0 Å². The Bertz CT molecular complexity index is 744. The molecule has 5 nitrogen and oxygen atoms in total. The standard InChI is InChI=1S/C14H14ClFN2O3S/c1-8-7-22-14(21)18(8)6-13(20)17-5-12(19)9-2-3-10(15)11(16)4-9/h2-4,7,12,19H,5-6H2,1H3,(H,17,20). The van der Waals surface area contributed by atoms with Crippen molar-refractivity contribution in [2.75, 3.05) is 6.54 Å². The molecule has 0 radical (unpaired) electrons. The van der Waals surface area contributed by atoms with Crippen LogP contribution in [-0.4, -0.2) is 22.1 Å². The summed E-state index contributed by atoms with van der Waals surface area (Å²) in [5.41, 5.74) is 1.01. The number of rotatable bonds is 5. The summed E-state index contributed by atoms with van der Waals surface area (Å²) >= 11 is 6.59. The molecule has 1 heterocycles. The fourth-order valence-electron chi connectivity index (χ4n) is 1.84. The van der Waals surface area contributed by atoms with Gasteiger partial charge in [0.15, 0.2) is 0 Å². The van der Waals surface area contributed by atoms with Gasteiger partial charge in [-0.05, 0) is 24.6 Å². The highest BCUT2D eigenvalue weighted by Crippen LogP contribution is 2.19. The number of aliphatic hydroxyl groups is 1. The van der Waals surface area contributed by atoms with E-state index in [0.717, 1.165) is 17.4 Å². The van der Waals surface area contributed by atoms with Crippen LogP contribution < -0.4 is 10.2 Å². The van der Waals surface area contributed by atoms with Crippen LogP contribution in [0.5, 0.6) is 0 Å². The molecule has 0 saturated carbocycles. The van der Waals surface area contributed by atoms with Crippen LogP contribution in [0.1, 0.15) is 17.4 Å². The molecule has 0 saturated heterocycles. The van der Waals surface area contributed by atoms with E-state index in [2.05, 4.69) is 5.32 Å². The molecule has 0 aliphatic heterocycles. The Balaban J connectivity index is 1.93. The molecule has 2 N–H and O–H groups in total. The maximum Gasteiger partial charge on any atom is 0.307 e. The van der Waals surface area contributed by atoms with Crippen molar-refractivity contribution in [2.24, 2.45) is 0 Å². The molecule has 1 unspecified atom stereocenters. The summed E-state index contributed by atoms with van der Waals surface area (Å²) in [7, 11) is 0. The molecule has 1 atom stereocenters. The zero-order chi connectivity index (χ0) is 16.3. The van der Waals surface area contributed by atoms with Gasteiger partial charge in [-0.2, -0.15) is 0 Å². The number of hydrogen-bond acceptors (Lipinski definition) is 4. The summed E-state index contributed by atoms with van der Waals surface area (Å²) in [6, 6.07) is 3.94. The summed E-state index contributed by atoms with van der Waals surface area (Å²) in [5, 5.41) is 14.1. The van der Waals surface area contributed by atoms with Gasteiger partial charge in [-0.3, -0.25) is 14.2 Å². The molecule has 1 amide bonds. The number of aliphatic hydroxyl groups excluding tert-OH is 1. The van der Waals surface area contributed by atoms with Crippen molar-refractivity contribution in [1.29, 1.82) is 0 Å². The van der Waals surface area contributed by atoms with E-state index >= 15 is 0 Å². The van der Waals surface area contributed by atoms with Crippen LogP contribution >= 0.6 is 22.9 Å². The van der Waals surface area contributed by atoms with Gasteiger partial charge in [-0.25, -0.2) is 4.39 Å². The first-order valence-electron chi connectivity index (χ1n) is 6.43. The molecule has 0 fully saturated rings. The lowest BCUT2D eigenvalue weighted by Crippen LogP contribution is -2.33. The van der Waals surface area contributed by atoms with E-state index in [1.54, 1.807) is 12.3 Å². The highest BCUT2D eigenvalue weighted by atomic mass is 35.5. The third-order valence-corrected chi connectivity index (χ3v) is 4.29. The summed E-state index contributed by atoms with van der Waals surface area (Å²) in [4.78, 5) is 23.1. The number of halogens is 2. The molecular formula is C14H14ClFN2O3S. The van der Waals surface area contributed by atoms with Crippen LogP contribution in [0.25, 0.3) is 0 Å². The molecule has 2 rings (SSSR count). The van der Waals surface area contributed by atoms with Gasteiger partial charge in [0.05, 0.1) is 11.1 Å². The Hall–Kier alpha value is -1.70.